The van der Waals surface area contributed by atoms with Gasteiger partial charge in [-0.1, -0.05) is 6.92 Å². The van der Waals surface area contributed by atoms with Gasteiger partial charge in [-0.15, -0.1) is 0 Å². The second-order valence-corrected chi connectivity index (χ2v) is 2.12. The molecule has 0 rings (SSSR count). The lowest BCUT2D eigenvalue weighted by Crippen LogP contribution is -2.33. The highest BCUT2D eigenvalue weighted by molar-refractivity contribution is 5.80. The van der Waals surface area contributed by atoms with Crippen molar-refractivity contribution in [1.82, 2.24) is 0 Å². The number of nitrogens with two attached hydrogens (primary N) is 1. The van der Waals surface area contributed by atoms with Crippen molar-refractivity contribution in [2.24, 2.45) is 5.73 Å². The summed E-state index contributed by atoms with van der Waals surface area (Å²) < 4.78 is 0. The van der Waals surface area contributed by atoms with Gasteiger partial charge in [-0.2, -0.15) is 0 Å². The van der Waals surface area contributed by atoms with Crippen LogP contribution in [0.3, 0.4) is 0 Å². The smallest absolute Gasteiger partial charge is 0.246 e. The minimum atomic E-state index is -1.22. The largest absolute Gasteiger partial charge is 0.396 e. The van der Waals surface area contributed by atoms with Crippen molar-refractivity contribution in [3.63, 3.8) is 0 Å². The van der Waals surface area contributed by atoms with Crippen LogP contribution in [0, 0.1) is 5.92 Å². The Morgan fingerprint density at radius 1 is 1.70 bits per heavy atom. The normalized spacial score (nSPS) is 13.6. The molecule has 0 aromatic rings. The van der Waals surface area contributed by atoms with Crippen molar-refractivity contribution in [1.29, 1.82) is 0 Å². The van der Waals surface area contributed by atoms with Gasteiger partial charge < -0.3 is 15.9 Å². The predicted molar refractivity (Wildman–Crippen MR) is 35.8 cm³/mol. The van der Waals surface area contributed by atoms with E-state index in [2.05, 4.69) is 0 Å². The summed E-state index contributed by atoms with van der Waals surface area (Å²) in [5, 5.41) is 17.3. The van der Waals surface area contributed by atoms with E-state index in [4.69, 9.17) is 15.9 Å². The zero-order valence-electron chi connectivity index (χ0n) is 5.87. The molecule has 1 unspecified atom stereocenters. The molecule has 0 saturated heterocycles. The van der Waals surface area contributed by atoms with Crippen LogP contribution in [0.2, 0.25) is 0 Å². The van der Waals surface area contributed by atoms with Crippen LogP contribution in [0.1, 0.15) is 13.3 Å². The van der Waals surface area contributed by atoms with Gasteiger partial charge in [0.15, 0.2) is 0 Å². The number of rotatable bonds is 4. The number of hydrogen-bond donors (Lipinski definition) is 3. The maximum Gasteiger partial charge on any atom is 0.246 e. The van der Waals surface area contributed by atoms with Gasteiger partial charge in [-0.05, 0) is 6.42 Å². The summed E-state index contributed by atoms with van der Waals surface area (Å²) in [4.78, 5) is 10.3. The van der Waals surface area contributed by atoms with Gasteiger partial charge >= 0.3 is 0 Å². The average molecular weight is 146 g/mol. The zero-order valence-corrected chi connectivity index (χ0v) is 5.87. The van der Waals surface area contributed by atoms with E-state index >= 15 is 0 Å². The lowest BCUT2D eigenvalue weighted by Gasteiger charge is -2.12. The molecule has 1 atom stereocenters. The number of carbonyl (C=O) groups excluding carboxylic acids is 1. The topological polar surface area (TPSA) is 83.6 Å². The van der Waals surface area contributed by atoms with Crippen LogP contribution in [0.5, 0.6) is 0 Å². The standard InChI is InChI=1S/C6H12NO3/c1-4(2-3-8)5(9)6(7)10/h5,8-9H,2-3H2,1H3,(H2,7,10). The van der Waals surface area contributed by atoms with Crippen molar-refractivity contribution < 1.29 is 15.0 Å². The van der Waals surface area contributed by atoms with Crippen molar-refractivity contribution >= 4 is 5.91 Å². The van der Waals surface area contributed by atoms with E-state index in [9.17, 15) is 4.79 Å². The van der Waals surface area contributed by atoms with Gasteiger partial charge in [-0.3, -0.25) is 4.79 Å². The van der Waals surface area contributed by atoms with Gasteiger partial charge in [0, 0.05) is 12.5 Å². The molecular formula is C6H12NO3. The minimum absolute atomic E-state index is 0.0732. The molecule has 4 heteroatoms. The molecule has 0 aliphatic carbocycles. The molecular weight excluding hydrogens is 134 g/mol. The molecule has 1 amide bonds. The minimum Gasteiger partial charge on any atom is -0.396 e. The lowest BCUT2D eigenvalue weighted by atomic mass is 10.0. The van der Waals surface area contributed by atoms with E-state index in [0.717, 1.165) is 0 Å². The Kier molecular flexibility index (Phi) is 3.99. The van der Waals surface area contributed by atoms with Crippen LogP contribution < -0.4 is 5.73 Å². The first-order valence-corrected chi connectivity index (χ1v) is 3.00. The summed E-state index contributed by atoms with van der Waals surface area (Å²) in [6, 6.07) is 0. The molecule has 0 aliphatic rings. The van der Waals surface area contributed by atoms with Crippen LogP contribution in [0.15, 0.2) is 0 Å². The van der Waals surface area contributed by atoms with Crippen LogP contribution in [0.25, 0.3) is 0 Å². The van der Waals surface area contributed by atoms with E-state index in [1.165, 1.54) is 0 Å². The van der Waals surface area contributed by atoms with Crippen LogP contribution in [-0.2, 0) is 4.79 Å². The first-order valence-electron chi connectivity index (χ1n) is 3.00. The van der Waals surface area contributed by atoms with E-state index < -0.39 is 12.0 Å². The second-order valence-electron chi connectivity index (χ2n) is 2.12. The SMILES string of the molecule is C[C](CCO)C(O)C(N)=O. The summed E-state index contributed by atoms with van der Waals surface area (Å²) >= 11 is 0. The molecule has 59 valence electrons. The number of aliphatic hydroxyl groups excluding tert-OH is 2. The predicted octanol–water partition coefficient (Wildman–Crippen LogP) is -1.19. The van der Waals surface area contributed by atoms with Crippen molar-refractivity contribution in [2.45, 2.75) is 19.4 Å². The molecule has 1 radical (unpaired) electrons. The highest BCUT2D eigenvalue weighted by Crippen LogP contribution is 2.08. The van der Waals surface area contributed by atoms with Crippen LogP contribution in [0.4, 0.5) is 0 Å². The second kappa shape index (κ2) is 4.24. The molecule has 10 heavy (non-hydrogen) atoms. The zero-order chi connectivity index (χ0) is 8.15. The third-order valence-corrected chi connectivity index (χ3v) is 1.24. The van der Waals surface area contributed by atoms with Crippen molar-refractivity contribution in [3.05, 3.63) is 5.92 Å². The van der Waals surface area contributed by atoms with Gasteiger partial charge in [0.2, 0.25) is 5.91 Å². The fraction of sp³-hybridized carbons (Fsp3) is 0.667. The average Bonchev–Trinajstić information content (AvgIpc) is 1.87. The maximum atomic E-state index is 10.3. The Labute approximate surface area is 59.7 Å². The van der Waals surface area contributed by atoms with Crippen LogP contribution >= 0.6 is 0 Å². The van der Waals surface area contributed by atoms with Crippen molar-refractivity contribution in [3.8, 4) is 0 Å². The van der Waals surface area contributed by atoms with Crippen molar-refractivity contribution in [2.75, 3.05) is 6.61 Å². The lowest BCUT2D eigenvalue weighted by molar-refractivity contribution is -0.125. The Hall–Kier alpha value is -0.610. The molecule has 0 heterocycles. The fourth-order valence-corrected chi connectivity index (χ4v) is 0.556. The molecule has 0 saturated carbocycles. The number of aliphatic hydroxyl groups is 2. The van der Waals surface area contributed by atoms with E-state index in [1.54, 1.807) is 6.92 Å². The summed E-state index contributed by atoms with van der Waals surface area (Å²) in [5.74, 6) is -0.277. The summed E-state index contributed by atoms with van der Waals surface area (Å²) in [6.07, 6.45) is -0.906. The number of amides is 1. The highest BCUT2D eigenvalue weighted by Gasteiger charge is 2.18. The van der Waals surface area contributed by atoms with Gasteiger partial charge in [0.25, 0.3) is 0 Å². The van der Waals surface area contributed by atoms with E-state index in [-0.39, 0.29) is 6.61 Å². The summed E-state index contributed by atoms with van der Waals surface area (Å²) in [5.41, 5.74) is 4.78. The van der Waals surface area contributed by atoms with Crippen LogP contribution in [-0.4, -0.2) is 28.8 Å². The Morgan fingerprint density at radius 3 is 2.50 bits per heavy atom. The van der Waals surface area contributed by atoms with Gasteiger partial charge in [0.1, 0.15) is 6.10 Å². The number of carbonyl (C=O) groups is 1. The molecule has 0 bridgehead atoms. The highest BCUT2D eigenvalue weighted by atomic mass is 16.3. The quantitative estimate of drug-likeness (QED) is 0.466. The fourth-order valence-electron chi connectivity index (χ4n) is 0.556. The molecule has 4 nitrogen and oxygen atoms in total. The molecule has 4 N–H and O–H groups in total. The van der Waals surface area contributed by atoms with E-state index in [1.807, 2.05) is 0 Å². The Bertz CT molecular complexity index is 116. The maximum absolute atomic E-state index is 10.3. The molecule has 0 aromatic carbocycles. The number of hydrogen-bond acceptors (Lipinski definition) is 3. The third-order valence-electron chi connectivity index (χ3n) is 1.24. The third kappa shape index (κ3) is 2.80. The summed E-state index contributed by atoms with van der Waals surface area (Å²) in [6.45, 7) is 1.50. The monoisotopic (exact) mass is 146 g/mol. The Balaban J connectivity index is 3.69. The van der Waals surface area contributed by atoms with E-state index in [0.29, 0.717) is 12.3 Å². The molecule has 0 fully saturated rings. The molecule has 0 aliphatic heterocycles. The summed E-state index contributed by atoms with van der Waals surface area (Å²) in [7, 11) is 0. The Morgan fingerprint density at radius 2 is 2.20 bits per heavy atom. The first kappa shape index (κ1) is 9.39. The van der Waals surface area contributed by atoms with Gasteiger partial charge in [-0.25, -0.2) is 0 Å². The molecule has 0 spiro atoms. The number of primary amides is 1. The van der Waals surface area contributed by atoms with Gasteiger partial charge in [0.05, 0.1) is 0 Å². The molecule has 0 aromatic heterocycles. The first-order chi connectivity index (χ1) is 4.59.